The van der Waals surface area contributed by atoms with Crippen LogP contribution >= 0.6 is 24.0 Å². The highest BCUT2D eigenvalue weighted by atomic mass is 127. The molecular weight excluding hydrogens is 489 g/mol. The van der Waals surface area contributed by atoms with Crippen LogP contribution in [0.1, 0.15) is 51.0 Å². The molecule has 4 rings (SSSR count). The Morgan fingerprint density at radius 2 is 1.93 bits per heavy atom. The lowest BCUT2D eigenvalue weighted by Gasteiger charge is -2.29. The Labute approximate surface area is 197 Å². The van der Waals surface area contributed by atoms with Crippen LogP contribution in [-0.4, -0.2) is 61.6 Å². The normalized spacial score (nSPS) is 22.5. The Morgan fingerprint density at radius 3 is 2.73 bits per heavy atom. The molecule has 0 bridgehead atoms. The first-order valence-corrected chi connectivity index (χ1v) is 11.4. The van der Waals surface area contributed by atoms with Crippen molar-refractivity contribution in [3.8, 4) is 0 Å². The zero-order valence-electron chi connectivity index (χ0n) is 18.1. The van der Waals surface area contributed by atoms with Crippen molar-refractivity contribution in [1.29, 1.82) is 0 Å². The van der Waals surface area contributed by atoms with E-state index in [0.717, 1.165) is 56.6 Å². The Morgan fingerprint density at radius 1 is 1.13 bits per heavy atom. The number of halogens is 1. The van der Waals surface area contributed by atoms with E-state index in [1.165, 1.54) is 37.8 Å². The van der Waals surface area contributed by atoms with Crippen molar-refractivity contribution in [3.05, 3.63) is 29.8 Å². The number of carbonyl (C=O) groups is 1. The molecule has 1 atom stereocenters. The lowest BCUT2D eigenvalue weighted by Crippen LogP contribution is -2.46. The van der Waals surface area contributed by atoms with E-state index in [9.17, 15) is 4.79 Å². The van der Waals surface area contributed by atoms with Gasteiger partial charge in [-0.15, -0.1) is 24.0 Å². The molecule has 3 aliphatic rings. The van der Waals surface area contributed by atoms with Crippen LogP contribution in [0.2, 0.25) is 0 Å². The molecule has 2 N–H and O–H groups in total. The predicted octanol–water partition coefficient (Wildman–Crippen LogP) is 3.16. The van der Waals surface area contributed by atoms with Gasteiger partial charge in [-0.05, 0) is 50.7 Å². The van der Waals surface area contributed by atoms with Crippen LogP contribution in [0.4, 0.5) is 5.69 Å². The molecular formula is C23H36IN5O. The molecule has 0 spiro atoms. The summed E-state index contributed by atoms with van der Waals surface area (Å²) >= 11 is 0. The van der Waals surface area contributed by atoms with E-state index in [2.05, 4.69) is 45.6 Å². The monoisotopic (exact) mass is 525 g/mol. The number of para-hydroxylation sites is 1. The topological polar surface area (TPSA) is 60.0 Å². The van der Waals surface area contributed by atoms with E-state index in [0.29, 0.717) is 6.04 Å². The van der Waals surface area contributed by atoms with Crippen LogP contribution < -0.4 is 15.5 Å². The number of anilines is 1. The summed E-state index contributed by atoms with van der Waals surface area (Å²) in [6, 6.07) is 9.43. The number of fused-ring (bicyclic) bond motifs is 1. The largest absolute Gasteiger partial charge is 0.357 e. The van der Waals surface area contributed by atoms with Crippen LogP contribution in [0.5, 0.6) is 0 Å². The van der Waals surface area contributed by atoms with Crippen LogP contribution in [0.25, 0.3) is 0 Å². The number of hydrogen-bond acceptors (Lipinski definition) is 3. The standard InChI is InChI=1S/C23H35N5O.HI/c1-2-24-23(26-19-13-15-27(17-19)20-10-4-5-11-20)25-16-22(29)28-14-7-9-18-8-3-6-12-21(18)28;/h3,6,8,12,19-20H,2,4-5,7,9-11,13-17H2,1H3,(H2,24,25,26);1H. The summed E-state index contributed by atoms with van der Waals surface area (Å²) in [5.41, 5.74) is 2.32. The first kappa shape index (κ1) is 23.3. The van der Waals surface area contributed by atoms with Crippen molar-refractivity contribution in [2.45, 2.75) is 64.0 Å². The van der Waals surface area contributed by atoms with E-state index in [1.807, 2.05) is 11.0 Å². The molecule has 166 valence electrons. The minimum Gasteiger partial charge on any atom is -0.357 e. The third-order valence-corrected chi connectivity index (χ3v) is 6.53. The summed E-state index contributed by atoms with van der Waals surface area (Å²) in [5, 5.41) is 6.90. The van der Waals surface area contributed by atoms with Gasteiger partial charge in [-0.3, -0.25) is 9.69 Å². The summed E-state index contributed by atoms with van der Waals surface area (Å²) in [6.45, 7) is 6.09. The number of benzene rings is 1. The van der Waals surface area contributed by atoms with Crippen LogP contribution in [0.15, 0.2) is 29.3 Å². The number of guanidine groups is 1. The van der Waals surface area contributed by atoms with E-state index in [4.69, 9.17) is 0 Å². The molecule has 0 radical (unpaired) electrons. The summed E-state index contributed by atoms with van der Waals surface area (Å²) in [4.78, 5) is 22.1. The van der Waals surface area contributed by atoms with Crippen molar-refractivity contribution in [2.75, 3.05) is 37.6 Å². The Kier molecular flexibility index (Phi) is 8.80. The molecule has 30 heavy (non-hydrogen) atoms. The Bertz CT molecular complexity index is 734. The van der Waals surface area contributed by atoms with Crippen LogP contribution in [-0.2, 0) is 11.2 Å². The average Bonchev–Trinajstić information content (AvgIpc) is 3.43. The van der Waals surface area contributed by atoms with Crippen molar-refractivity contribution in [2.24, 2.45) is 4.99 Å². The van der Waals surface area contributed by atoms with Crippen molar-refractivity contribution >= 4 is 41.5 Å². The fourth-order valence-electron chi connectivity index (χ4n) is 5.04. The number of rotatable bonds is 5. The second kappa shape index (κ2) is 11.3. The maximum absolute atomic E-state index is 12.9. The molecule has 1 aromatic rings. The zero-order chi connectivity index (χ0) is 20.1. The maximum Gasteiger partial charge on any atom is 0.248 e. The number of aryl methyl sites for hydroxylation is 1. The average molecular weight is 525 g/mol. The number of aliphatic imine (C=N–C) groups is 1. The quantitative estimate of drug-likeness (QED) is 0.353. The number of amides is 1. The van der Waals surface area contributed by atoms with Gasteiger partial charge in [-0.2, -0.15) is 0 Å². The second-order valence-electron chi connectivity index (χ2n) is 8.54. The maximum atomic E-state index is 12.9. The van der Waals surface area contributed by atoms with E-state index >= 15 is 0 Å². The van der Waals surface area contributed by atoms with Gasteiger partial charge in [0.25, 0.3) is 0 Å². The highest BCUT2D eigenvalue weighted by molar-refractivity contribution is 14.0. The van der Waals surface area contributed by atoms with Crippen molar-refractivity contribution in [1.82, 2.24) is 15.5 Å². The molecule has 2 fully saturated rings. The molecule has 6 nitrogen and oxygen atoms in total. The van der Waals surface area contributed by atoms with Gasteiger partial charge in [0.15, 0.2) is 5.96 Å². The van der Waals surface area contributed by atoms with Crippen molar-refractivity contribution < 1.29 is 4.79 Å². The molecule has 1 amide bonds. The minimum atomic E-state index is 0. The van der Waals surface area contributed by atoms with Gasteiger partial charge in [-0.25, -0.2) is 4.99 Å². The number of nitrogens with zero attached hydrogens (tertiary/aromatic N) is 3. The lowest BCUT2D eigenvalue weighted by atomic mass is 10.0. The van der Waals surface area contributed by atoms with Gasteiger partial charge in [-0.1, -0.05) is 31.0 Å². The molecule has 1 aromatic carbocycles. The third-order valence-electron chi connectivity index (χ3n) is 6.53. The Hall–Kier alpha value is -1.35. The zero-order valence-corrected chi connectivity index (χ0v) is 20.4. The van der Waals surface area contributed by atoms with Crippen LogP contribution in [0.3, 0.4) is 0 Å². The van der Waals surface area contributed by atoms with Crippen molar-refractivity contribution in [3.63, 3.8) is 0 Å². The molecule has 2 heterocycles. The molecule has 1 aliphatic carbocycles. The van der Waals surface area contributed by atoms with Gasteiger partial charge < -0.3 is 15.5 Å². The summed E-state index contributed by atoms with van der Waals surface area (Å²) < 4.78 is 0. The van der Waals surface area contributed by atoms with Gasteiger partial charge in [0.05, 0.1) is 0 Å². The van der Waals surface area contributed by atoms with Gasteiger partial charge in [0.2, 0.25) is 5.91 Å². The van der Waals surface area contributed by atoms with E-state index in [-0.39, 0.29) is 36.4 Å². The summed E-state index contributed by atoms with van der Waals surface area (Å²) in [7, 11) is 0. The van der Waals surface area contributed by atoms with Crippen LogP contribution in [0, 0.1) is 0 Å². The number of hydrogen-bond donors (Lipinski definition) is 2. The summed E-state index contributed by atoms with van der Waals surface area (Å²) in [5.74, 6) is 0.845. The molecule has 0 aromatic heterocycles. The number of nitrogens with one attached hydrogen (secondary N) is 2. The first-order valence-electron chi connectivity index (χ1n) is 11.4. The molecule has 1 saturated heterocycles. The van der Waals surface area contributed by atoms with E-state index < -0.39 is 0 Å². The Balaban J connectivity index is 0.00000256. The third kappa shape index (κ3) is 5.66. The smallest absolute Gasteiger partial charge is 0.248 e. The molecule has 2 aliphatic heterocycles. The predicted molar refractivity (Wildman–Crippen MR) is 134 cm³/mol. The fourth-order valence-corrected chi connectivity index (χ4v) is 5.04. The highest BCUT2D eigenvalue weighted by Gasteiger charge is 2.30. The lowest BCUT2D eigenvalue weighted by molar-refractivity contribution is -0.117. The highest BCUT2D eigenvalue weighted by Crippen LogP contribution is 2.27. The minimum absolute atomic E-state index is 0. The second-order valence-corrected chi connectivity index (χ2v) is 8.54. The van der Waals surface area contributed by atoms with Gasteiger partial charge in [0, 0.05) is 44.0 Å². The van der Waals surface area contributed by atoms with Gasteiger partial charge >= 0.3 is 0 Å². The fraction of sp³-hybridized carbons (Fsp3) is 0.652. The van der Waals surface area contributed by atoms with Gasteiger partial charge in [0.1, 0.15) is 6.54 Å². The number of carbonyl (C=O) groups excluding carboxylic acids is 1. The summed E-state index contributed by atoms with van der Waals surface area (Å²) in [6.07, 6.45) is 8.68. The number of likely N-dealkylation sites (tertiary alicyclic amines) is 1. The first-order chi connectivity index (χ1) is 14.2. The molecule has 1 saturated carbocycles. The van der Waals surface area contributed by atoms with E-state index in [1.54, 1.807) is 0 Å². The SMILES string of the molecule is CCNC(=NCC(=O)N1CCCc2ccccc21)NC1CCN(C2CCCC2)C1.I. The molecule has 7 heteroatoms. The molecule has 1 unspecified atom stereocenters.